The summed E-state index contributed by atoms with van der Waals surface area (Å²) in [5.41, 5.74) is 2.04. The van der Waals surface area contributed by atoms with Gasteiger partial charge in [-0.15, -0.1) is 0 Å². The van der Waals surface area contributed by atoms with Crippen LogP contribution in [0.25, 0.3) is 0 Å². The fourth-order valence-electron chi connectivity index (χ4n) is 1.81. The van der Waals surface area contributed by atoms with E-state index in [2.05, 4.69) is 15.6 Å². The molecule has 112 valence electrons. The monoisotopic (exact) mass is 299 g/mol. The SMILES string of the molecule is Cc1cc(C)c(NC(=O)NCC(C)(C)CCO)c(Cl)n1. The van der Waals surface area contributed by atoms with Gasteiger partial charge in [0.25, 0.3) is 0 Å². The Balaban J connectivity index is 2.64. The molecule has 0 saturated heterocycles. The average Bonchev–Trinajstić information content (AvgIpc) is 2.31. The summed E-state index contributed by atoms with van der Waals surface area (Å²) < 4.78 is 0. The van der Waals surface area contributed by atoms with Gasteiger partial charge in [-0.25, -0.2) is 9.78 Å². The van der Waals surface area contributed by atoms with E-state index >= 15 is 0 Å². The Morgan fingerprint density at radius 3 is 2.65 bits per heavy atom. The second-order valence-corrected chi connectivity index (χ2v) is 6.05. The van der Waals surface area contributed by atoms with Crippen LogP contribution in [0, 0.1) is 19.3 Å². The fraction of sp³-hybridized carbons (Fsp3) is 0.571. The van der Waals surface area contributed by atoms with Crippen molar-refractivity contribution in [1.29, 1.82) is 0 Å². The third-order valence-electron chi connectivity index (χ3n) is 3.06. The number of hydrogen-bond acceptors (Lipinski definition) is 3. The first-order valence-electron chi connectivity index (χ1n) is 6.54. The van der Waals surface area contributed by atoms with Crippen LogP contribution in [0.5, 0.6) is 0 Å². The Labute approximate surface area is 124 Å². The largest absolute Gasteiger partial charge is 0.396 e. The van der Waals surface area contributed by atoms with Gasteiger partial charge in [-0.3, -0.25) is 0 Å². The van der Waals surface area contributed by atoms with Crippen molar-refractivity contribution in [3.63, 3.8) is 0 Å². The van der Waals surface area contributed by atoms with Crippen LogP contribution in [0.15, 0.2) is 6.07 Å². The predicted molar refractivity (Wildman–Crippen MR) is 81.2 cm³/mol. The summed E-state index contributed by atoms with van der Waals surface area (Å²) in [7, 11) is 0. The van der Waals surface area contributed by atoms with E-state index < -0.39 is 0 Å². The first kappa shape index (κ1) is 16.7. The van der Waals surface area contributed by atoms with Crippen molar-refractivity contribution in [1.82, 2.24) is 10.3 Å². The van der Waals surface area contributed by atoms with E-state index in [1.807, 2.05) is 33.8 Å². The Morgan fingerprint density at radius 1 is 1.45 bits per heavy atom. The zero-order chi connectivity index (χ0) is 15.3. The lowest BCUT2D eigenvalue weighted by atomic mass is 9.90. The number of aromatic nitrogens is 1. The minimum absolute atomic E-state index is 0.100. The van der Waals surface area contributed by atoms with Gasteiger partial charge in [0.2, 0.25) is 0 Å². The number of rotatable bonds is 5. The minimum Gasteiger partial charge on any atom is -0.396 e. The van der Waals surface area contributed by atoms with Crippen molar-refractivity contribution >= 4 is 23.3 Å². The number of carbonyl (C=O) groups is 1. The van der Waals surface area contributed by atoms with Gasteiger partial charge in [-0.05, 0) is 37.3 Å². The molecule has 0 bridgehead atoms. The highest BCUT2D eigenvalue weighted by atomic mass is 35.5. The van der Waals surface area contributed by atoms with Crippen molar-refractivity contribution in [2.75, 3.05) is 18.5 Å². The summed E-state index contributed by atoms with van der Waals surface area (Å²) in [5, 5.41) is 14.7. The first-order valence-corrected chi connectivity index (χ1v) is 6.92. The molecule has 0 radical (unpaired) electrons. The summed E-state index contributed by atoms with van der Waals surface area (Å²) in [4.78, 5) is 16.0. The number of hydrogen-bond donors (Lipinski definition) is 3. The Kier molecular flexibility index (Phi) is 5.77. The number of aliphatic hydroxyl groups is 1. The number of aliphatic hydroxyl groups excluding tert-OH is 1. The summed E-state index contributed by atoms with van der Waals surface area (Å²) in [6.45, 7) is 8.24. The molecule has 0 atom stereocenters. The third-order valence-corrected chi connectivity index (χ3v) is 3.33. The van der Waals surface area contributed by atoms with E-state index in [-0.39, 0.29) is 23.2 Å². The van der Waals surface area contributed by atoms with Gasteiger partial charge in [0.1, 0.15) is 0 Å². The lowest BCUT2D eigenvalue weighted by Gasteiger charge is -2.24. The molecule has 5 nitrogen and oxygen atoms in total. The van der Waals surface area contributed by atoms with Gasteiger partial charge in [0, 0.05) is 18.8 Å². The molecule has 0 unspecified atom stereocenters. The normalized spacial score (nSPS) is 11.3. The molecule has 1 heterocycles. The predicted octanol–water partition coefficient (Wildman–Crippen LogP) is 2.88. The van der Waals surface area contributed by atoms with Gasteiger partial charge < -0.3 is 15.7 Å². The Morgan fingerprint density at radius 2 is 2.10 bits per heavy atom. The van der Waals surface area contributed by atoms with Gasteiger partial charge in [0.05, 0.1) is 5.69 Å². The minimum atomic E-state index is -0.327. The van der Waals surface area contributed by atoms with E-state index in [1.54, 1.807) is 0 Å². The van der Waals surface area contributed by atoms with Crippen molar-refractivity contribution < 1.29 is 9.90 Å². The quantitative estimate of drug-likeness (QED) is 0.732. The van der Waals surface area contributed by atoms with Crippen LogP contribution in [0.4, 0.5) is 10.5 Å². The van der Waals surface area contributed by atoms with Crippen LogP contribution < -0.4 is 10.6 Å². The Bertz CT molecular complexity index is 466. The molecule has 6 heteroatoms. The van der Waals surface area contributed by atoms with E-state index in [4.69, 9.17) is 16.7 Å². The Hall–Kier alpha value is -1.33. The third kappa shape index (κ3) is 4.98. The lowest BCUT2D eigenvalue weighted by Crippen LogP contribution is -2.37. The first-order chi connectivity index (χ1) is 9.25. The standard InChI is InChI=1S/C14H22ClN3O2/c1-9-7-10(2)17-12(15)11(9)18-13(20)16-8-14(3,4)5-6-19/h7,19H,5-6,8H2,1-4H3,(H2,16,18,20). The van der Waals surface area contributed by atoms with E-state index in [1.165, 1.54) is 0 Å². The molecule has 20 heavy (non-hydrogen) atoms. The highest BCUT2D eigenvalue weighted by Gasteiger charge is 2.18. The zero-order valence-electron chi connectivity index (χ0n) is 12.4. The molecule has 0 aromatic carbocycles. The molecule has 1 aromatic heterocycles. The number of carbonyl (C=O) groups excluding carboxylic acids is 1. The van der Waals surface area contributed by atoms with E-state index in [0.717, 1.165) is 11.3 Å². The van der Waals surface area contributed by atoms with Crippen LogP contribution in [-0.2, 0) is 0 Å². The number of nitrogens with one attached hydrogen (secondary N) is 2. The lowest BCUT2D eigenvalue weighted by molar-refractivity contribution is 0.204. The zero-order valence-corrected chi connectivity index (χ0v) is 13.1. The van der Waals surface area contributed by atoms with Crippen molar-refractivity contribution in [3.8, 4) is 0 Å². The molecule has 0 saturated carbocycles. The molecule has 0 aliphatic rings. The maximum absolute atomic E-state index is 11.9. The van der Waals surface area contributed by atoms with Gasteiger partial charge in [-0.1, -0.05) is 25.4 Å². The molecule has 0 aliphatic heterocycles. The molecule has 3 N–H and O–H groups in total. The second-order valence-electron chi connectivity index (χ2n) is 5.69. The number of halogens is 1. The number of urea groups is 1. The molecule has 1 rings (SSSR count). The number of nitrogens with zero attached hydrogens (tertiary/aromatic N) is 1. The second kappa shape index (κ2) is 6.90. The number of amides is 2. The number of aryl methyl sites for hydroxylation is 2. The van der Waals surface area contributed by atoms with Gasteiger partial charge in [-0.2, -0.15) is 0 Å². The molecule has 2 amide bonds. The summed E-state index contributed by atoms with van der Waals surface area (Å²) in [6, 6.07) is 1.53. The van der Waals surface area contributed by atoms with Crippen LogP contribution in [0.1, 0.15) is 31.5 Å². The molecule has 0 aliphatic carbocycles. The highest BCUT2D eigenvalue weighted by Crippen LogP contribution is 2.24. The molecule has 1 aromatic rings. The van der Waals surface area contributed by atoms with Crippen molar-refractivity contribution in [3.05, 3.63) is 22.5 Å². The summed E-state index contributed by atoms with van der Waals surface area (Å²) in [5.74, 6) is 0. The maximum atomic E-state index is 11.9. The van der Waals surface area contributed by atoms with Crippen LogP contribution >= 0.6 is 11.6 Å². The highest BCUT2D eigenvalue weighted by molar-refractivity contribution is 6.32. The van der Waals surface area contributed by atoms with Crippen molar-refractivity contribution in [2.24, 2.45) is 5.41 Å². The molecular weight excluding hydrogens is 278 g/mol. The molecule has 0 spiro atoms. The van der Waals surface area contributed by atoms with E-state index in [0.29, 0.717) is 18.7 Å². The summed E-state index contributed by atoms with van der Waals surface area (Å²) in [6.07, 6.45) is 0.624. The number of anilines is 1. The summed E-state index contributed by atoms with van der Waals surface area (Å²) >= 11 is 6.03. The van der Waals surface area contributed by atoms with Crippen molar-refractivity contribution in [2.45, 2.75) is 34.1 Å². The van der Waals surface area contributed by atoms with E-state index in [9.17, 15) is 4.79 Å². The molecular formula is C14H22ClN3O2. The average molecular weight is 300 g/mol. The maximum Gasteiger partial charge on any atom is 0.319 e. The number of pyridine rings is 1. The smallest absolute Gasteiger partial charge is 0.319 e. The fourth-order valence-corrected chi connectivity index (χ4v) is 2.14. The topological polar surface area (TPSA) is 74.2 Å². The van der Waals surface area contributed by atoms with Gasteiger partial charge in [0.15, 0.2) is 5.15 Å². The van der Waals surface area contributed by atoms with Gasteiger partial charge >= 0.3 is 6.03 Å². The van der Waals surface area contributed by atoms with Crippen LogP contribution in [0.3, 0.4) is 0 Å². The molecule has 0 fully saturated rings. The van der Waals surface area contributed by atoms with Crippen LogP contribution in [0.2, 0.25) is 5.15 Å². The van der Waals surface area contributed by atoms with Crippen LogP contribution in [-0.4, -0.2) is 29.3 Å².